The van der Waals surface area contributed by atoms with Crippen molar-refractivity contribution in [2.45, 2.75) is 57.9 Å². The van der Waals surface area contributed by atoms with Crippen molar-refractivity contribution in [3.05, 3.63) is 35.6 Å². The summed E-state index contributed by atoms with van der Waals surface area (Å²) >= 11 is 0. The summed E-state index contributed by atoms with van der Waals surface area (Å²) in [5.41, 5.74) is 2.10. The van der Waals surface area contributed by atoms with Gasteiger partial charge in [-0.15, -0.1) is 0 Å². The van der Waals surface area contributed by atoms with Crippen LogP contribution in [0.5, 0.6) is 0 Å². The molecule has 5 heteroatoms. The highest BCUT2D eigenvalue weighted by molar-refractivity contribution is 5.82. The number of fused-ring (bicyclic) bond motifs is 3. The van der Waals surface area contributed by atoms with Crippen LogP contribution in [0.1, 0.15) is 37.5 Å². The molecule has 3 atom stereocenters. The summed E-state index contributed by atoms with van der Waals surface area (Å²) in [6.07, 6.45) is 4.22. The zero-order valence-corrected chi connectivity index (χ0v) is 14.3. The summed E-state index contributed by atoms with van der Waals surface area (Å²) in [4.78, 5) is 4.73. The van der Waals surface area contributed by atoms with Crippen molar-refractivity contribution in [2.75, 3.05) is 6.54 Å². The first-order valence-corrected chi connectivity index (χ1v) is 8.92. The molecule has 2 bridgehead atoms. The summed E-state index contributed by atoms with van der Waals surface area (Å²) in [6.45, 7) is 5.56. The molecular weight excluding hydrogens is 302 g/mol. The van der Waals surface area contributed by atoms with Crippen LogP contribution in [0.3, 0.4) is 0 Å². The number of para-hydroxylation sites is 1. The van der Waals surface area contributed by atoms with E-state index in [4.69, 9.17) is 14.1 Å². The lowest BCUT2D eigenvalue weighted by Gasteiger charge is -2.22. The topological polar surface area (TPSA) is 58.8 Å². The number of nitrogens with zero attached hydrogens (tertiary/aromatic N) is 1. The Balaban J connectivity index is 1.49. The standard InChI is InChI=1S/C19H25N3O2/c1-3-20-19(22-15-10-13-8-9-17(15)23-13)21-11-18-12(2)14-6-4-5-7-16(14)24-18/h4-7,13,15,17H,3,8-11H2,1-2H3,(H2,20,21,22). The van der Waals surface area contributed by atoms with Gasteiger partial charge in [-0.05, 0) is 39.2 Å². The van der Waals surface area contributed by atoms with Gasteiger partial charge in [0.25, 0.3) is 0 Å². The highest BCUT2D eigenvalue weighted by Crippen LogP contribution is 2.34. The second-order valence-electron chi connectivity index (χ2n) is 6.70. The van der Waals surface area contributed by atoms with Crippen LogP contribution in [0.4, 0.5) is 0 Å². The van der Waals surface area contributed by atoms with E-state index in [9.17, 15) is 0 Å². The number of hydrogen-bond donors (Lipinski definition) is 2. The summed E-state index contributed by atoms with van der Waals surface area (Å²) in [5, 5.41) is 8.05. The molecule has 0 radical (unpaired) electrons. The Bertz CT molecular complexity index is 752. The molecule has 2 N–H and O–H groups in total. The van der Waals surface area contributed by atoms with E-state index < -0.39 is 0 Å². The van der Waals surface area contributed by atoms with Gasteiger partial charge < -0.3 is 19.8 Å². The Morgan fingerprint density at radius 3 is 2.88 bits per heavy atom. The van der Waals surface area contributed by atoms with Gasteiger partial charge in [-0.2, -0.15) is 0 Å². The van der Waals surface area contributed by atoms with E-state index in [1.165, 1.54) is 17.4 Å². The lowest BCUT2D eigenvalue weighted by molar-refractivity contribution is 0.0992. The fourth-order valence-corrected chi connectivity index (χ4v) is 3.81. The van der Waals surface area contributed by atoms with Gasteiger partial charge in [0.1, 0.15) is 17.9 Å². The zero-order valence-electron chi connectivity index (χ0n) is 14.3. The first kappa shape index (κ1) is 15.5. The molecule has 1 aromatic carbocycles. The maximum absolute atomic E-state index is 5.96. The van der Waals surface area contributed by atoms with Crippen molar-refractivity contribution in [2.24, 2.45) is 4.99 Å². The number of ether oxygens (including phenoxy) is 1. The Morgan fingerprint density at radius 1 is 1.29 bits per heavy atom. The van der Waals surface area contributed by atoms with Crippen molar-refractivity contribution < 1.29 is 9.15 Å². The summed E-state index contributed by atoms with van der Waals surface area (Å²) in [6, 6.07) is 8.51. The second-order valence-corrected chi connectivity index (χ2v) is 6.70. The molecule has 5 nitrogen and oxygen atoms in total. The van der Waals surface area contributed by atoms with Gasteiger partial charge in [0.15, 0.2) is 5.96 Å². The summed E-state index contributed by atoms with van der Waals surface area (Å²) in [7, 11) is 0. The van der Waals surface area contributed by atoms with Crippen LogP contribution in [-0.2, 0) is 11.3 Å². The zero-order chi connectivity index (χ0) is 16.5. The molecule has 0 amide bonds. The first-order chi connectivity index (χ1) is 11.7. The van der Waals surface area contributed by atoms with Crippen LogP contribution < -0.4 is 10.6 Å². The lowest BCUT2D eigenvalue weighted by Crippen LogP contribution is -2.47. The number of hydrogen-bond acceptors (Lipinski definition) is 3. The SMILES string of the molecule is CCNC(=NCc1oc2ccccc2c1C)NC1CC2CCC1O2. The van der Waals surface area contributed by atoms with Crippen LogP contribution in [0, 0.1) is 6.92 Å². The second kappa shape index (κ2) is 6.48. The number of aliphatic imine (C=N–C) groups is 1. The van der Waals surface area contributed by atoms with Gasteiger partial charge in [-0.1, -0.05) is 18.2 Å². The minimum absolute atomic E-state index is 0.340. The molecule has 2 fully saturated rings. The number of benzene rings is 1. The number of furan rings is 1. The van der Waals surface area contributed by atoms with Crippen molar-refractivity contribution in [1.29, 1.82) is 0 Å². The van der Waals surface area contributed by atoms with Crippen LogP contribution in [0.2, 0.25) is 0 Å². The van der Waals surface area contributed by atoms with Gasteiger partial charge in [0.05, 0.1) is 18.2 Å². The van der Waals surface area contributed by atoms with Crippen molar-refractivity contribution in [3.63, 3.8) is 0 Å². The summed E-state index contributed by atoms with van der Waals surface area (Å²) < 4.78 is 11.9. The lowest BCUT2D eigenvalue weighted by atomic mass is 9.96. The Kier molecular flexibility index (Phi) is 4.19. The molecule has 0 spiro atoms. The van der Waals surface area contributed by atoms with E-state index in [1.54, 1.807) is 0 Å². The average Bonchev–Trinajstić information content (AvgIpc) is 3.28. The third-order valence-corrected chi connectivity index (χ3v) is 5.10. The first-order valence-electron chi connectivity index (χ1n) is 8.92. The predicted octanol–water partition coefficient (Wildman–Crippen LogP) is 3.12. The number of aryl methyl sites for hydroxylation is 1. The molecule has 3 heterocycles. The Morgan fingerprint density at radius 2 is 2.17 bits per heavy atom. The minimum atomic E-state index is 0.340. The number of nitrogens with one attached hydrogen (secondary N) is 2. The monoisotopic (exact) mass is 327 g/mol. The molecule has 1 aromatic heterocycles. The van der Waals surface area contributed by atoms with Gasteiger partial charge in [0.2, 0.25) is 0 Å². The molecule has 2 aliphatic heterocycles. The maximum Gasteiger partial charge on any atom is 0.192 e. The number of guanidine groups is 1. The molecular formula is C19H25N3O2. The Labute approximate surface area is 142 Å². The van der Waals surface area contributed by atoms with Crippen molar-refractivity contribution in [3.8, 4) is 0 Å². The average molecular weight is 327 g/mol. The molecule has 3 unspecified atom stereocenters. The molecule has 0 aliphatic carbocycles. The number of rotatable bonds is 4. The van der Waals surface area contributed by atoms with Gasteiger partial charge in [0, 0.05) is 17.5 Å². The molecule has 2 saturated heterocycles. The van der Waals surface area contributed by atoms with Gasteiger partial charge in [-0.3, -0.25) is 0 Å². The maximum atomic E-state index is 5.96. The summed E-state index contributed by atoms with van der Waals surface area (Å²) in [5.74, 6) is 1.77. The van der Waals surface area contributed by atoms with Gasteiger partial charge in [-0.25, -0.2) is 4.99 Å². The minimum Gasteiger partial charge on any atom is -0.459 e. The van der Waals surface area contributed by atoms with E-state index in [-0.39, 0.29) is 0 Å². The van der Waals surface area contributed by atoms with E-state index in [2.05, 4.69) is 30.5 Å². The van der Waals surface area contributed by atoms with E-state index >= 15 is 0 Å². The molecule has 2 aromatic rings. The fraction of sp³-hybridized carbons (Fsp3) is 0.526. The molecule has 4 rings (SSSR count). The highest BCUT2D eigenvalue weighted by Gasteiger charge is 2.41. The van der Waals surface area contributed by atoms with E-state index in [1.807, 2.05) is 18.2 Å². The van der Waals surface area contributed by atoms with Crippen LogP contribution in [0.15, 0.2) is 33.7 Å². The largest absolute Gasteiger partial charge is 0.459 e. The van der Waals surface area contributed by atoms with E-state index in [0.717, 1.165) is 36.7 Å². The van der Waals surface area contributed by atoms with Crippen molar-refractivity contribution in [1.82, 2.24) is 10.6 Å². The van der Waals surface area contributed by atoms with E-state index in [0.29, 0.717) is 24.8 Å². The fourth-order valence-electron chi connectivity index (χ4n) is 3.81. The van der Waals surface area contributed by atoms with Crippen LogP contribution in [0.25, 0.3) is 11.0 Å². The third kappa shape index (κ3) is 2.88. The molecule has 0 saturated carbocycles. The van der Waals surface area contributed by atoms with Crippen LogP contribution >= 0.6 is 0 Å². The predicted molar refractivity (Wildman–Crippen MR) is 95.2 cm³/mol. The molecule has 24 heavy (non-hydrogen) atoms. The normalized spacial score (nSPS) is 26.2. The Hall–Kier alpha value is -2.01. The van der Waals surface area contributed by atoms with Crippen molar-refractivity contribution >= 4 is 16.9 Å². The molecule has 128 valence electrons. The van der Waals surface area contributed by atoms with Crippen LogP contribution in [-0.4, -0.2) is 30.8 Å². The highest BCUT2D eigenvalue weighted by atomic mass is 16.5. The molecule has 2 aliphatic rings. The third-order valence-electron chi connectivity index (χ3n) is 5.10. The quantitative estimate of drug-likeness (QED) is 0.669. The van der Waals surface area contributed by atoms with Gasteiger partial charge >= 0.3 is 0 Å². The smallest absolute Gasteiger partial charge is 0.192 e.